The molecule has 1 unspecified atom stereocenters. The number of fused-ring (bicyclic) bond motifs is 1. The summed E-state index contributed by atoms with van der Waals surface area (Å²) in [6.07, 6.45) is 0. The monoisotopic (exact) mass is 270 g/mol. The number of imidazole rings is 1. The fourth-order valence-corrected chi connectivity index (χ4v) is 2.37. The predicted octanol–water partition coefficient (Wildman–Crippen LogP) is 2.66. The van der Waals surface area contributed by atoms with E-state index in [1.54, 1.807) is 0 Å². The highest BCUT2D eigenvalue weighted by atomic mass is 35.5. The van der Waals surface area contributed by atoms with E-state index in [4.69, 9.17) is 16.7 Å². The molecule has 0 aliphatic heterocycles. The Morgan fingerprint density at radius 2 is 2.41 bits per heavy atom. The molecule has 90 valence electrons. The molecule has 1 aromatic carbocycles. The number of benzene rings is 1. The molecule has 0 fully saturated rings. The molecule has 2 rings (SSSR count). The Labute approximate surface area is 107 Å². The van der Waals surface area contributed by atoms with Gasteiger partial charge in [0.2, 0.25) is 0 Å². The van der Waals surface area contributed by atoms with Crippen molar-refractivity contribution in [3.8, 4) is 0 Å². The molecule has 0 saturated carbocycles. The zero-order valence-electron chi connectivity index (χ0n) is 9.11. The first-order valence-electron chi connectivity index (χ1n) is 5.02. The maximum atomic E-state index is 10.6. The highest BCUT2D eigenvalue weighted by Gasteiger charge is 2.14. The Morgan fingerprint density at radius 3 is 3.12 bits per heavy atom. The molecule has 2 aromatic rings. The number of H-pyrrole nitrogens is 1. The second kappa shape index (κ2) is 4.98. The van der Waals surface area contributed by atoms with Gasteiger partial charge in [0.15, 0.2) is 5.16 Å². The zero-order valence-corrected chi connectivity index (χ0v) is 10.7. The number of carboxylic acids is 1. The highest BCUT2D eigenvalue weighted by molar-refractivity contribution is 7.99. The van der Waals surface area contributed by atoms with E-state index < -0.39 is 11.3 Å². The van der Waals surface area contributed by atoms with E-state index in [-0.39, 0.29) is 5.75 Å². The van der Waals surface area contributed by atoms with E-state index in [1.807, 2.05) is 25.1 Å². The van der Waals surface area contributed by atoms with Crippen LogP contribution in [0.5, 0.6) is 0 Å². The number of aryl methyl sites for hydroxylation is 1. The molecular formula is C11H11ClN2O2S. The van der Waals surface area contributed by atoms with E-state index in [0.717, 1.165) is 16.6 Å². The third-order valence-electron chi connectivity index (χ3n) is 2.25. The van der Waals surface area contributed by atoms with Gasteiger partial charge >= 0.3 is 5.97 Å². The first-order chi connectivity index (χ1) is 8.06. The van der Waals surface area contributed by atoms with Crippen LogP contribution in [0.2, 0.25) is 0 Å². The van der Waals surface area contributed by atoms with Crippen molar-refractivity contribution in [2.75, 3.05) is 5.75 Å². The summed E-state index contributed by atoms with van der Waals surface area (Å²) in [6.45, 7) is 2.01. The summed E-state index contributed by atoms with van der Waals surface area (Å²) in [7, 11) is 0. The van der Waals surface area contributed by atoms with Crippen molar-refractivity contribution in [1.29, 1.82) is 0 Å². The molecule has 2 N–H and O–H groups in total. The molecule has 1 aromatic heterocycles. The van der Waals surface area contributed by atoms with Gasteiger partial charge in [-0.2, -0.15) is 0 Å². The molecular weight excluding hydrogens is 260 g/mol. The van der Waals surface area contributed by atoms with Gasteiger partial charge in [0.1, 0.15) is 5.38 Å². The van der Waals surface area contributed by atoms with Crippen LogP contribution in [0.4, 0.5) is 0 Å². The average molecular weight is 271 g/mol. The number of halogens is 1. The number of nitrogens with one attached hydrogen (secondary N) is 1. The number of thioether (sulfide) groups is 1. The van der Waals surface area contributed by atoms with Crippen molar-refractivity contribution in [2.45, 2.75) is 17.5 Å². The van der Waals surface area contributed by atoms with Gasteiger partial charge in [-0.1, -0.05) is 17.8 Å². The minimum absolute atomic E-state index is 0.287. The van der Waals surface area contributed by atoms with Crippen molar-refractivity contribution in [3.63, 3.8) is 0 Å². The van der Waals surface area contributed by atoms with Gasteiger partial charge < -0.3 is 10.1 Å². The van der Waals surface area contributed by atoms with Gasteiger partial charge in [0.05, 0.1) is 11.0 Å². The third kappa shape index (κ3) is 2.92. The van der Waals surface area contributed by atoms with Crippen LogP contribution in [-0.2, 0) is 4.79 Å². The van der Waals surface area contributed by atoms with Crippen LogP contribution in [0.25, 0.3) is 11.0 Å². The summed E-state index contributed by atoms with van der Waals surface area (Å²) in [5, 5.41) is 8.46. The van der Waals surface area contributed by atoms with Crippen LogP contribution in [0.3, 0.4) is 0 Å². The average Bonchev–Trinajstić information content (AvgIpc) is 2.67. The number of aromatic nitrogens is 2. The van der Waals surface area contributed by atoms with Gasteiger partial charge in [-0.15, -0.1) is 11.6 Å². The molecule has 1 atom stereocenters. The first-order valence-corrected chi connectivity index (χ1v) is 6.44. The number of carbonyl (C=O) groups is 1. The zero-order chi connectivity index (χ0) is 12.4. The summed E-state index contributed by atoms with van der Waals surface area (Å²) in [6, 6.07) is 5.92. The number of alkyl halides is 1. The lowest BCUT2D eigenvalue weighted by molar-refractivity contribution is -0.136. The minimum atomic E-state index is -1.01. The molecule has 0 saturated heterocycles. The van der Waals surface area contributed by atoms with Crippen molar-refractivity contribution in [1.82, 2.24) is 9.97 Å². The molecule has 0 radical (unpaired) electrons. The number of aliphatic carboxylic acids is 1. The number of hydrogen-bond acceptors (Lipinski definition) is 3. The van der Waals surface area contributed by atoms with Crippen LogP contribution in [0.15, 0.2) is 23.4 Å². The van der Waals surface area contributed by atoms with Crippen LogP contribution in [-0.4, -0.2) is 32.2 Å². The molecule has 4 nitrogen and oxygen atoms in total. The SMILES string of the molecule is Cc1ccc2nc(SCC(Cl)C(=O)O)[nH]c2c1. The lowest BCUT2D eigenvalue weighted by Gasteiger charge is -2.00. The fraction of sp³-hybridized carbons (Fsp3) is 0.273. The summed E-state index contributed by atoms with van der Waals surface area (Å²) in [5.74, 6) is -0.721. The van der Waals surface area contributed by atoms with E-state index in [2.05, 4.69) is 9.97 Å². The number of aromatic amines is 1. The van der Waals surface area contributed by atoms with E-state index in [1.165, 1.54) is 11.8 Å². The number of rotatable bonds is 4. The number of hydrogen-bond donors (Lipinski definition) is 2. The molecule has 0 spiro atoms. The van der Waals surface area contributed by atoms with Gasteiger partial charge in [-0.05, 0) is 24.6 Å². The molecule has 0 amide bonds. The van der Waals surface area contributed by atoms with Crippen LogP contribution < -0.4 is 0 Å². The highest BCUT2D eigenvalue weighted by Crippen LogP contribution is 2.21. The second-order valence-electron chi connectivity index (χ2n) is 3.68. The Bertz CT molecular complexity index is 555. The van der Waals surface area contributed by atoms with Gasteiger partial charge in [-0.3, -0.25) is 4.79 Å². The van der Waals surface area contributed by atoms with Crippen LogP contribution in [0, 0.1) is 6.92 Å². The molecule has 0 aliphatic rings. The lowest BCUT2D eigenvalue weighted by Crippen LogP contribution is -2.15. The Balaban J connectivity index is 2.12. The van der Waals surface area contributed by atoms with Crippen molar-refractivity contribution < 1.29 is 9.90 Å². The number of carboxylic acid groups (broad SMARTS) is 1. The molecule has 0 aliphatic carbocycles. The lowest BCUT2D eigenvalue weighted by atomic mass is 10.2. The van der Waals surface area contributed by atoms with E-state index in [0.29, 0.717) is 5.16 Å². The second-order valence-corrected chi connectivity index (χ2v) is 5.21. The molecule has 6 heteroatoms. The third-order valence-corrected chi connectivity index (χ3v) is 3.74. The largest absolute Gasteiger partial charge is 0.480 e. The topological polar surface area (TPSA) is 66.0 Å². The van der Waals surface area contributed by atoms with E-state index in [9.17, 15) is 4.79 Å². The quantitative estimate of drug-likeness (QED) is 0.662. The Morgan fingerprint density at radius 1 is 1.65 bits per heavy atom. The summed E-state index contributed by atoms with van der Waals surface area (Å²) in [4.78, 5) is 18.0. The fourth-order valence-electron chi connectivity index (χ4n) is 1.39. The maximum Gasteiger partial charge on any atom is 0.322 e. The Kier molecular flexibility index (Phi) is 3.59. The minimum Gasteiger partial charge on any atom is -0.480 e. The smallest absolute Gasteiger partial charge is 0.322 e. The Hall–Kier alpha value is -1.20. The van der Waals surface area contributed by atoms with Crippen molar-refractivity contribution in [2.24, 2.45) is 0 Å². The summed E-state index contributed by atoms with van der Waals surface area (Å²) < 4.78 is 0. The summed E-state index contributed by atoms with van der Waals surface area (Å²) >= 11 is 6.94. The van der Waals surface area contributed by atoms with Gasteiger partial charge in [0, 0.05) is 5.75 Å². The van der Waals surface area contributed by atoms with Crippen molar-refractivity contribution >= 4 is 40.4 Å². The first kappa shape index (κ1) is 12.3. The van der Waals surface area contributed by atoms with Gasteiger partial charge in [-0.25, -0.2) is 4.98 Å². The molecule has 1 heterocycles. The normalized spacial score (nSPS) is 12.8. The van der Waals surface area contributed by atoms with Crippen molar-refractivity contribution in [3.05, 3.63) is 23.8 Å². The predicted molar refractivity (Wildman–Crippen MR) is 68.8 cm³/mol. The maximum absolute atomic E-state index is 10.6. The van der Waals surface area contributed by atoms with Crippen LogP contribution >= 0.6 is 23.4 Å². The number of nitrogens with zero attached hydrogens (tertiary/aromatic N) is 1. The van der Waals surface area contributed by atoms with Crippen LogP contribution in [0.1, 0.15) is 5.56 Å². The molecule has 17 heavy (non-hydrogen) atoms. The van der Waals surface area contributed by atoms with Gasteiger partial charge in [0.25, 0.3) is 0 Å². The summed E-state index contributed by atoms with van der Waals surface area (Å²) in [5.41, 5.74) is 2.98. The molecule has 0 bridgehead atoms. The standard InChI is InChI=1S/C11H11ClN2O2S/c1-6-2-3-8-9(4-6)14-11(13-8)17-5-7(12)10(15)16/h2-4,7H,5H2,1H3,(H,13,14)(H,15,16). The van der Waals surface area contributed by atoms with E-state index >= 15 is 0 Å².